The smallest absolute Gasteiger partial charge is 0.253 e. The van der Waals surface area contributed by atoms with Gasteiger partial charge in [0, 0.05) is 44.0 Å². The van der Waals surface area contributed by atoms with Crippen LogP contribution in [0.3, 0.4) is 0 Å². The van der Waals surface area contributed by atoms with E-state index in [-0.39, 0.29) is 11.7 Å². The fourth-order valence-corrected chi connectivity index (χ4v) is 3.90. The molecule has 7 heteroatoms. The van der Waals surface area contributed by atoms with Crippen molar-refractivity contribution in [1.29, 1.82) is 0 Å². The van der Waals surface area contributed by atoms with Crippen molar-refractivity contribution in [2.75, 3.05) is 25.0 Å². The molecule has 0 aliphatic carbocycles. The molecule has 0 bridgehead atoms. The molecule has 1 amide bonds. The van der Waals surface area contributed by atoms with Crippen LogP contribution in [0.15, 0.2) is 54.9 Å². The number of amides is 1. The number of carbonyl (C=O) groups excluding carboxylic acids is 1. The molecule has 150 valence electrons. The molecule has 0 N–H and O–H groups in total. The van der Waals surface area contributed by atoms with Gasteiger partial charge in [-0.2, -0.15) is 5.10 Å². The molecule has 0 atom stereocenters. The van der Waals surface area contributed by atoms with Crippen molar-refractivity contribution >= 4 is 23.2 Å². The SMILES string of the molecule is CN(Cc1cnn(-c2ccc(F)cc2)c1)C(=O)c1ccc(N2CCCC2)c(Cl)c1. The molecule has 1 aliphatic rings. The number of aromatic nitrogens is 2. The summed E-state index contributed by atoms with van der Waals surface area (Å²) < 4.78 is 14.7. The minimum Gasteiger partial charge on any atom is -0.370 e. The van der Waals surface area contributed by atoms with E-state index < -0.39 is 0 Å². The number of rotatable bonds is 5. The molecule has 0 saturated carbocycles. The molecular formula is C22H22ClFN4O. The van der Waals surface area contributed by atoms with Gasteiger partial charge in [0.15, 0.2) is 0 Å². The Morgan fingerprint density at radius 2 is 1.90 bits per heavy atom. The predicted molar refractivity (Wildman–Crippen MR) is 112 cm³/mol. The molecule has 5 nitrogen and oxygen atoms in total. The molecule has 2 aromatic carbocycles. The van der Waals surface area contributed by atoms with Gasteiger partial charge in [0.1, 0.15) is 5.82 Å². The molecule has 0 unspecified atom stereocenters. The van der Waals surface area contributed by atoms with E-state index in [2.05, 4.69) is 10.00 Å². The highest BCUT2D eigenvalue weighted by molar-refractivity contribution is 6.33. The van der Waals surface area contributed by atoms with Crippen molar-refractivity contribution in [3.8, 4) is 5.69 Å². The maximum Gasteiger partial charge on any atom is 0.253 e. The van der Waals surface area contributed by atoms with Gasteiger partial charge in [0.05, 0.1) is 22.6 Å². The van der Waals surface area contributed by atoms with Crippen LogP contribution in [0.4, 0.5) is 10.1 Å². The van der Waals surface area contributed by atoms with Crippen LogP contribution in [0.25, 0.3) is 5.69 Å². The van der Waals surface area contributed by atoms with Gasteiger partial charge >= 0.3 is 0 Å². The number of hydrogen-bond donors (Lipinski definition) is 0. The highest BCUT2D eigenvalue weighted by Crippen LogP contribution is 2.30. The summed E-state index contributed by atoms with van der Waals surface area (Å²) in [7, 11) is 1.75. The number of nitrogens with zero attached hydrogens (tertiary/aromatic N) is 4. The van der Waals surface area contributed by atoms with E-state index in [0.717, 1.165) is 30.0 Å². The van der Waals surface area contributed by atoms with Crippen molar-refractivity contribution in [2.45, 2.75) is 19.4 Å². The van der Waals surface area contributed by atoms with Gasteiger partial charge in [-0.25, -0.2) is 9.07 Å². The van der Waals surface area contributed by atoms with E-state index in [1.807, 2.05) is 18.3 Å². The largest absolute Gasteiger partial charge is 0.370 e. The second-order valence-electron chi connectivity index (χ2n) is 7.29. The Bertz CT molecular complexity index is 1010. The number of carbonyl (C=O) groups is 1. The van der Waals surface area contributed by atoms with Gasteiger partial charge in [-0.05, 0) is 55.3 Å². The molecule has 2 heterocycles. The van der Waals surface area contributed by atoms with E-state index in [0.29, 0.717) is 17.1 Å². The summed E-state index contributed by atoms with van der Waals surface area (Å²) in [6, 6.07) is 11.6. The van der Waals surface area contributed by atoms with Crippen molar-refractivity contribution in [3.05, 3.63) is 76.8 Å². The van der Waals surface area contributed by atoms with Gasteiger partial charge in [0.25, 0.3) is 5.91 Å². The maximum absolute atomic E-state index is 13.1. The summed E-state index contributed by atoms with van der Waals surface area (Å²) in [4.78, 5) is 16.7. The molecule has 0 spiro atoms. The van der Waals surface area contributed by atoms with Crippen LogP contribution in [0.1, 0.15) is 28.8 Å². The van der Waals surface area contributed by atoms with E-state index >= 15 is 0 Å². The Hall–Kier alpha value is -2.86. The number of benzene rings is 2. The Kier molecular flexibility index (Phi) is 5.53. The van der Waals surface area contributed by atoms with Gasteiger partial charge in [0.2, 0.25) is 0 Å². The second kappa shape index (κ2) is 8.25. The maximum atomic E-state index is 13.1. The molecule has 1 fully saturated rings. The number of hydrogen-bond acceptors (Lipinski definition) is 3. The molecule has 4 rings (SSSR count). The van der Waals surface area contributed by atoms with Crippen LogP contribution in [-0.2, 0) is 6.54 Å². The van der Waals surface area contributed by atoms with Crippen LogP contribution in [0.5, 0.6) is 0 Å². The van der Waals surface area contributed by atoms with Gasteiger partial charge in [-0.3, -0.25) is 4.79 Å². The van der Waals surface area contributed by atoms with Crippen LogP contribution in [0, 0.1) is 5.82 Å². The zero-order valence-electron chi connectivity index (χ0n) is 16.2. The topological polar surface area (TPSA) is 41.4 Å². The second-order valence-corrected chi connectivity index (χ2v) is 7.70. The summed E-state index contributed by atoms with van der Waals surface area (Å²) in [5.41, 5.74) is 3.19. The Morgan fingerprint density at radius 3 is 2.59 bits per heavy atom. The average Bonchev–Trinajstić information content (AvgIpc) is 3.40. The Labute approximate surface area is 174 Å². The van der Waals surface area contributed by atoms with E-state index in [9.17, 15) is 9.18 Å². The summed E-state index contributed by atoms with van der Waals surface area (Å²) in [6.45, 7) is 2.42. The highest BCUT2D eigenvalue weighted by atomic mass is 35.5. The van der Waals surface area contributed by atoms with Crippen molar-refractivity contribution in [1.82, 2.24) is 14.7 Å². The summed E-state index contributed by atoms with van der Waals surface area (Å²) in [6.07, 6.45) is 5.88. The molecule has 0 radical (unpaired) electrons. The lowest BCUT2D eigenvalue weighted by molar-refractivity contribution is 0.0785. The Balaban J connectivity index is 1.44. The third-order valence-electron chi connectivity index (χ3n) is 5.14. The third-order valence-corrected chi connectivity index (χ3v) is 5.44. The van der Waals surface area contributed by atoms with Crippen molar-refractivity contribution in [2.24, 2.45) is 0 Å². The zero-order chi connectivity index (χ0) is 20.4. The minimum absolute atomic E-state index is 0.102. The summed E-state index contributed by atoms with van der Waals surface area (Å²) in [5, 5.41) is 4.91. The molecular weight excluding hydrogens is 391 g/mol. The fraction of sp³-hybridized carbons (Fsp3) is 0.273. The normalized spacial score (nSPS) is 13.7. The van der Waals surface area contributed by atoms with Crippen LogP contribution in [0.2, 0.25) is 5.02 Å². The lowest BCUT2D eigenvalue weighted by Gasteiger charge is -2.21. The summed E-state index contributed by atoms with van der Waals surface area (Å²) >= 11 is 6.45. The van der Waals surface area contributed by atoms with Gasteiger partial charge < -0.3 is 9.80 Å². The van der Waals surface area contributed by atoms with E-state index in [1.165, 1.54) is 25.0 Å². The molecule has 29 heavy (non-hydrogen) atoms. The van der Waals surface area contributed by atoms with E-state index in [1.54, 1.807) is 41.0 Å². The lowest BCUT2D eigenvalue weighted by Crippen LogP contribution is -2.26. The quantitative estimate of drug-likeness (QED) is 0.618. The van der Waals surface area contributed by atoms with Crippen LogP contribution >= 0.6 is 11.6 Å². The Morgan fingerprint density at radius 1 is 1.17 bits per heavy atom. The first-order chi connectivity index (χ1) is 14.0. The van der Waals surface area contributed by atoms with Gasteiger partial charge in [-0.1, -0.05) is 11.6 Å². The van der Waals surface area contributed by atoms with Crippen molar-refractivity contribution < 1.29 is 9.18 Å². The summed E-state index contributed by atoms with van der Waals surface area (Å²) in [5.74, 6) is -0.393. The first kappa shape index (κ1) is 19.5. The first-order valence-electron chi connectivity index (χ1n) is 9.61. The number of anilines is 1. The molecule has 1 aliphatic heterocycles. The lowest BCUT2D eigenvalue weighted by atomic mass is 10.1. The monoisotopic (exact) mass is 412 g/mol. The molecule has 1 aromatic heterocycles. The molecule has 1 saturated heterocycles. The fourth-order valence-electron chi connectivity index (χ4n) is 3.60. The predicted octanol–water partition coefficient (Wildman–Crippen LogP) is 4.54. The number of halogens is 2. The average molecular weight is 413 g/mol. The van der Waals surface area contributed by atoms with Crippen LogP contribution < -0.4 is 4.90 Å². The highest BCUT2D eigenvalue weighted by Gasteiger charge is 2.18. The zero-order valence-corrected chi connectivity index (χ0v) is 16.9. The van der Waals surface area contributed by atoms with Gasteiger partial charge in [-0.15, -0.1) is 0 Å². The minimum atomic E-state index is -0.291. The standard InChI is InChI=1S/C22H22ClFN4O/c1-26(14-16-13-25-28(15-16)19-7-5-18(24)6-8-19)22(29)17-4-9-21(20(23)12-17)27-10-2-3-11-27/h4-9,12-13,15H,2-3,10-11,14H2,1H3. The molecule has 3 aromatic rings. The first-order valence-corrected chi connectivity index (χ1v) is 9.98. The van der Waals surface area contributed by atoms with Crippen molar-refractivity contribution in [3.63, 3.8) is 0 Å². The van der Waals surface area contributed by atoms with E-state index in [4.69, 9.17) is 11.6 Å². The van der Waals surface area contributed by atoms with Crippen LogP contribution in [-0.4, -0.2) is 40.7 Å². The third kappa shape index (κ3) is 4.27.